The van der Waals surface area contributed by atoms with Crippen LogP contribution in [0.2, 0.25) is 0 Å². The Hall–Kier alpha value is -2.07. The topological polar surface area (TPSA) is 49.8 Å². The van der Waals surface area contributed by atoms with E-state index in [4.69, 9.17) is 4.74 Å². The molecule has 1 aliphatic carbocycles. The number of nitrogens with zero attached hydrogens (tertiary/aromatic N) is 1. The summed E-state index contributed by atoms with van der Waals surface area (Å²) in [6, 6.07) is 11.0. The Bertz CT molecular complexity index is 877. The van der Waals surface area contributed by atoms with Crippen molar-refractivity contribution in [1.82, 2.24) is 4.90 Å². The van der Waals surface area contributed by atoms with Crippen molar-refractivity contribution in [3.63, 3.8) is 0 Å². The number of carbonyl (C=O) groups is 1. The fourth-order valence-corrected chi connectivity index (χ4v) is 5.16. The van der Waals surface area contributed by atoms with Crippen molar-refractivity contribution in [3.05, 3.63) is 41.5 Å². The number of ether oxygens (including phenoxy) is 1. The molecule has 2 fully saturated rings. The maximum absolute atomic E-state index is 11.2. The zero-order valence-corrected chi connectivity index (χ0v) is 18.4. The average Bonchev–Trinajstić information content (AvgIpc) is 2.77. The summed E-state index contributed by atoms with van der Waals surface area (Å²) in [6.45, 7) is 7.08. The lowest BCUT2D eigenvalue weighted by Gasteiger charge is -2.30. The lowest BCUT2D eigenvalue weighted by atomic mass is 9.86. The van der Waals surface area contributed by atoms with Gasteiger partial charge in [0.1, 0.15) is 5.75 Å². The number of rotatable bonds is 6. The average molecular weight is 410 g/mol. The molecule has 4 rings (SSSR count). The SMILES string of the molecule is CCC1CCC(Oc2ccc3ccc(CN4CCC(C(=O)O)CC4)cc3c2C)CC1. The Morgan fingerprint density at radius 1 is 1.07 bits per heavy atom. The van der Waals surface area contributed by atoms with Crippen LogP contribution in [0.25, 0.3) is 10.8 Å². The molecule has 0 aromatic heterocycles. The molecule has 1 saturated heterocycles. The predicted molar refractivity (Wildman–Crippen MR) is 121 cm³/mol. The van der Waals surface area contributed by atoms with E-state index in [0.29, 0.717) is 6.10 Å². The molecule has 0 bridgehead atoms. The molecule has 2 aliphatic rings. The van der Waals surface area contributed by atoms with Crippen LogP contribution >= 0.6 is 0 Å². The maximum Gasteiger partial charge on any atom is 0.306 e. The van der Waals surface area contributed by atoms with Gasteiger partial charge in [-0.15, -0.1) is 0 Å². The molecule has 0 spiro atoms. The number of carboxylic acid groups (broad SMARTS) is 1. The Morgan fingerprint density at radius 2 is 1.77 bits per heavy atom. The van der Waals surface area contributed by atoms with Crippen molar-refractivity contribution in [1.29, 1.82) is 0 Å². The number of hydrogen-bond donors (Lipinski definition) is 1. The minimum atomic E-state index is -0.647. The van der Waals surface area contributed by atoms with Gasteiger partial charge in [-0.1, -0.05) is 31.5 Å². The molecule has 0 atom stereocenters. The summed E-state index contributed by atoms with van der Waals surface area (Å²) in [5.74, 6) is 1.09. The van der Waals surface area contributed by atoms with Crippen molar-refractivity contribution in [2.24, 2.45) is 11.8 Å². The molecule has 1 saturated carbocycles. The van der Waals surface area contributed by atoms with E-state index in [0.717, 1.165) is 44.1 Å². The molecule has 4 nitrogen and oxygen atoms in total. The number of likely N-dealkylation sites (tertiary alicyclic amines) is 1. The third-order valence-electron chi connectivity index (χ3n) is 7.31. The molecule has 2 aromatic rings. The van der Waals surface area contributed by atoms with Gasteiger partial charge in [-0.25, -0.2) is 0 Å². The third-order valence-corrected chi connectivity index (χ3v) is 7.31. The molecule has 30 heavy (non-hydrogen) atoms. The third kappa shape index (κ3) is 4.80. The molecular weight excluding hydrogens is 374 g/mol. The monoisotopic (exact) mass is 409 g/mol. The van der Waals surface area contributed by atoms with Crippen LogP contribution in [-0.2, 0) is 11.3 Å². The van der Waals surface area contributed by atoms with Crippen LogP contribution in [0, 0.1) is 18.8 Å². The Balaban J connectivity index is 1.44. The standard InChI is InChI=1S/C26H35NO3/c1-3-19-5-9-23(10-6-19)30-25-11-8-21-7-4-20(16-24(21)18(25)2)17-27-14-12-22(13-15-27)26(28)29/h4,7-8,11,16,19,22-23H,3,5-6,9-10,12-15,17H2,1-2H3,(H,28,29). The summed E-state index contributed by atoms with van der Waals surface area (Å²) >= 11 is 0. The zero-order chi connectivity index (χ0) is 21.1. The second-order valence-corrected chi connectivity index (χ2v) is 9.30. The van der Waals surface area contributed by atoms with E-state index in [2.05, 4.69) is 49.1 Å². The highest BCUT2D eigenvalue weighted by atomic mass is 16.5. The number of piperidine rings is 1. The predicted octanol–water partition coefficient (Wildman–Crippen LogP) is 5.79. The van der Waals surface area contributed by atoms with Crippen LogP contribution in [0.1, 0.15) is 63.0 Å². The van der Waals surface area contributed by atoms with Gasteiger partial charge in [0.05, 0.1) is 12.0 Å². The molecule has 2 aromatic carbocycles. The number of hydrogen-bond acceptors (Lipinski definition) is 3. The first-order valence-electron chi connectivity index (χ1n) is 11.7. The number of aryl methyl sites for hydroxylation is 1. The summed E-state index contributed by atoms with van der Waals surface area (Å²) in [5, 5.41) is 11.7. The van der Waals surface area contributed by atoms with Crippen molar-refractivity contribution in [2.45, 2.75) is 71.4 Å². The summed E-state index contributed by atoms with van der Waals surface area (Å²) in [6.07, 6.45) is 8.05. The van der Waals surface area contributed by atoms with Gasteiger partial charge in [0.15, 0.2) is 0 Å². The van der Waals surface area contributed by atoms with Gasteiger partial charge in [0.25, 0.3) is 0 Å². The van der Waals surface area contributed by atoms with E-state index in [9.17, 15) is 9.90 Å². The highest BCUT2D eigenvalue weighted by Crippen LogP contribution is 2.33. The lowest BCUT2D eigenvalue weighted by molar-refractivity contribution is -0.143. The van der Waals surface area contributed by atoms with E-state index in [1.165, 1.54) is 54.0 Å². The summed E-state index contributed by atoms with van der Waals surface area (Å²) in [5.41, 5.74) is 2.52. The Kier molecular flexibility index (Phi) is 6.62. The van der Waals surface area contributed by atoms with Gasteiger partial charge in [0, 0.05) is 6.54 Å². The zero-order valence-electron chi connectivity index (χ0n) is 18.4. The maximum atomic E-state index is 11.2. The second kappa shape index (κ2) is 9.38. The lowest BCUT2D eigenvalue weighted by Crippen LogP contribution is -2.35. The molecule has 0 radical (unpaired) electrons. The Labute approximate surface area is 180 Å². The largest absolute Gasteiger partial charge is 0.490 e. The fraction of sp³-hybridized carbons (Fsp3) is 0.577. The highest BCUT2D eigenvalue weighted by molar-refractivity contribution is 5.88. The normalized spacial score (nSPS) is 23.5. The van der Waals surface area contributed by atoms with Gasteiger partial charge in [0.2, 0.25) is 0 Å². The first-order chi connectivity index (χ1) is 14.5. The fourth-order valence-electron chi connectivity index (χ4n) is 5.16. The minimum Gasteiger partial charge on any atom is -0.490 e. The molecule has 1 aliphatic heterocycles. The quantitative estimate of drug-likeness (QED) is 0.656. The van der Waals surface area contributed by atoms with Crippen LogP contribution in [-0.4, -0.2) is 35.2 Å². The van der Waals surface area contributed by atoms with E-state index in [1.54, 1.807) is 0 Å². The van der Waals surface area contributed by atoms with Crippen molar-refractivity contribution in [3.8, 4) is 5.75 Å². The van der Waals surface area contributed by atoms with E-state index in [-0.39, 0.29) is 5.92 Å². The van der Waals surface area contributed by atoms with Gasteiger partial charge >= 0.3 is 5.97 Å². The smallest absolute Gasteiger partial charge is 0.306 e. The second-order valence-electron chi connectivity index (χ2n) is 9.30. The number of benzene rings is 2. The first kappa shape index (κ1) is 21.2. The molecule has 162 valence electrons. The summed E-state index contributed by atoms with van der Waals surface area (Å²) in [4.78, 5) is 13.6. The molecule has 1 heterocycles. The van der Waals surface area contributed by atoms with E-state index in [1.807, 2.05) is 0 Å². The van der Waals surface area contributed by atoms with Crippen LogP contribution in [0.4, 0.5) is 0 Å². The van der Waals surface area contributed by atoms with Gasteiger partial charge in [-0.2, -0.15) is 0 Å². The first-order valence-corrected chi connectivity index (χ1v) is 11.7. The number of fused-ring (bicyclic) bond motifs is 1. The highest BCUT2D eigenvalue weighted by Gasteiger charge is 2.25. The van der Waals surface area contributed by atoms with Crippen molar-refractivity contribution in [2.75, 3.05) is 13.1 Å². The van der Waals surface area contributed by atoms with Gasteiger partial charge in [-0.05, 0) is 98.5 Å². The van der Waals surface area contributed by atoms with Crippen LogP contribution in [0.15, 0.2) is 30.3 Å². The molecular formula is C26H35NO3. The van der Waals surface area contributed by atoms with E-state index >= 15 is 0 Å². The number of aliphatic carboxylic acids is 1. The van der Waals surface area contributed by atoms with Crippen LogP contribution < -0.4 is 4.74 Å². The number of carboxylic acids is 1. The minimum absolute atomic E-state index is 0.174. The van der Waals surface area contributed by atoms with Crippen molar-refractivity contribution >= 4 is 16.7 Å². The molecule has 1 N–H and O–H groups in total. The molecule has 0 unspecified atom stereocenters. The van der Waals surface area contributed by atoms with Gasteiger partial charge in [-0.3, -0.25) is 9.69 Å². The molecule has 4 heteroatoms. The Morgan fingerprint density at radius 3 is 2.43 bits per heavy atom. The van der Waals surface area contributed by atoms with Gasteiger partial charge < -0.3 is 9.84 Å². The van der Waals surface area contributed by atoms with E-state index < -0.39 is 5.97 Å². The summed E-state index contributed by atoms with van der Waals surface area (Å²) in [7, 11) is 0. The van der Waals surface area contributed by atoms with Crippen LogP contribution in [0.5, 0.6) is 5.75 Å². The van der Waals surface area contributed by atoms with Crippen molar-refractivity contribution < 1.29 is 14.6 Å². The van der Waals surface area contributed by atoms with Crippen LogP contribution in [0.3, 0.4) is 0 Å². The summed E-state index contributed by atoms with van der Waals surface area (Å²) < 4.78 is 6.45. The molecule has 0 amide bonds.